The van der Waals surface area contributed by atoms with Crippen LogP contribution in [-0.2, 0) is 11.3 Å². The molecule has 1 aromatic heterocycles. The molecular formula is C21H19ClN2O2S. The number of thiophene rings is 1. The van der Waals surface area contributed by atoms with Crippen molar-refractivity contribution in [3.63, 3.8) is 0 Å². The number of allylic oxidation sites excluding steroid dienone is 2. The Morgan fingerprint density at radius 1 is 1.37 bits per heavy atom. The molecule has 0 fully saturated rings. The Bertz CT molecular complexity index is 976. The van der Waals surface area contributed by atoms with Crippen LogP contribution in [0.25, 0.3) is 5.57 Å². The second-order valence-corrected chi connectivity index (χ2v) is 8.31. The van der Waals surface area contributed by atoms with E-state index in [1.807, 2.05) is 36.4 Å². The fourth-order valence-electron chi connectivity index (χ4n) is 3.72. The number of dihydropyridines is 1. The van der Waals surface area contributed by atoms with Gasteiger partial charge in [-0.25, -0.2) is 0 Å². The molecule has 0 bridgehead atoms. The molecule has 2 aliphatic heterocycles. The molecule has 0 spiro atoms. The van der Waals surface area contributed by atoms with Gasteiger partial charge in [0.15, 0.2) is 5.88 Å². The standard InChI is InChI=1S/C21H19ClN2O2S/c1-2-20(25)24-11-17(16-10-19(22)27-18(16)12-24)14-7-4-3-6-13(14)15-8-5-9-23-21(15)26/h2-8,10,17,23,26H,1,9,11-12H2/t17-/m1/s1. The van der Waals surface area contributed by atoms with Crippen molar-refractivity contribution in [2.24, 2.45) is 0 Å². The highest BCUT2D eigenvalue weighted by atomic mass is 35.5. The predicted octanol–water partition coefficient (Wildman–Crippen LogP) is 4.45. The first-order valence-corrected chi connectivity index (χ1v) is 9.90. The SMILES string of the molecule is C=CC(=O)N1Cc2sc(Cl)cc2[C@@H](c2ccccc2C2=C(O)NCC=C2)C1. The zero-order chi connectivity index (χ0) is 19.0. The summed E-state index contributed by atoms with van der Waals surface area (Å²) in [6.45, 7) is 5.32. The number of aliphatic hydroxyl groups is 1. The molecule has 4 rings (SSSR count). The lowest BCUT2D eigenvalue weighted by Crippen LogP contribution is -2.37. The third-order valence-electron chi connectivity index (χ3n) is 4.96. The van der Waals surface area contributed by atoms with Crippen molar-refractivity contribution in [2.45, 2.75) is 12.5 Å². The van der Waals surface area contributed by atoms with Crippen molar-refractivity contribution in [1.82, 2.24) is 10.2 Å². The van der Waals surface area contributed by atoms with Crippen LogP contribution in [0.4, 0.5) is 0 Å². The van der Waals surface area contributed by atoms with Gasteiger partial charge in [-0.15, -0.1) is 11.3 Å². The summed E-state index contributed by atoms with van der Waals surface area (Å²) in [7, 11) is 0. The van der Waals surface area contributed by atoms with Crippen molar-refractivity contribution in [3.05, 3.63) is 86.9 Å². The maximum Gasteiger partial charge on any atom is 0.246 e. The molecule has 138 valence electrons. The lowest BCUT2D eigenvalue weighted by atomic mass is 9.83. The first-order valence-electron chi connectivity index (χ1n) is 8.71. The average molecular weight is 399 g/mol. The highest BCUT2D eigenvalue weighted by Crippen LogP contribution is 2.42. The molecule has 6 heteroatoms. The highest BCUT2D eigenvalue weighted by Gasteiger charge is 2.32. The quantitative estimate of drug-likeness (QED) is 0.751. The van der Waals surface area contributed by atoms with Crippen LogP contribution in [0.2, 0.25) is 4.34 Å². The largest absolute Gasteiger partial charge is 0.494 e. The molecule has 2 aliphatic rings. The highest BCUT2D eigenvalue weighted by molar-refractivity contribution is 7.16. The van der Waals surface area contributed by atoms with Crippen molar-refractivity contribution >= 4 is 34.4 Å². The zero-order valence-electron chi connectivity index (χ0n) is 14.6. The Kier molecular flexibility index (Phi) is 4.81. The minimum absolute atomic E-state index is 0.0202. The third kappa shape index (κ3) is 3.29. The topological polar surface area (TPSA) is 52.6 Å². The maximum absolute atomic E-state index is 12.3. The van der Waals surface area contributed by atoms with Gasteiger partial charge in [-0.3, -0.25) is 4.79 Å². The monoisotopic (exact) mass is 398 g/mol. The molecule has 2 N–H and O–H groups in total. The lowest BCUT2D eigenvalue weighted by molar-refractivity contribution is -0.127. The number of nitrogens with zero attached hydrogens (tertiary/aromatic N) is 1. The number of nitrogens with one attached hydrogen (secondary N) is 1. The number of hydrogen-bond acceptors (Lipinski definition) is 4. The van der Waals surface area contributed by atoms with E-state index >= 15 is 0 Å². The Morgan fingerprint density at radius 2 is 2.19 bits per heavy atom. The Hall–Kier alpha value is -2.50. The summed E-state index contributed by atoms with van der Waals surface area (Å²) in [5.41, 5.74) is 3.92. The fourth-order valence-corrected chi connectivity index (χ4v) is 5.07. The van der Waals surface area contributed by atoms with Gasteiger partial charge in [0.25, 0.3) is 0 Å². The van der Waals surface area contributed by atoms with Crippen molar-refractivity contribution < 1.29 is 9.90 Å². The van der Waals surface area contributed by atoms with Gasteiger partial charge >= 0.3 is 0 Å². The zero-order valence-corrected chi connectivity index (χ0v) is 16.2. The molecule has 1 amide bonds. The van der Waals surface area contributed by atoms with E-state index in [-0.39, 0.29) is 17.7 Å². The van der Waals surface area contributed by atoms with Gasteiger partial charge in [0.05, 0.1) is 10.9 Å². The number of halogens is 1. The van der Waals surface area contributed by atoms with Crippen LogP contribution in [0.5, 0.6) is 0 Å². The van der Waals surface area contributed by atoms with E-state index in [1.165, 1.54) is 17.4 Å². The molecule has 0 unspecified atom stereocenters. The predicted molar refractivity (Wildman–Crippen MR) is 110 cm³/mol. The molecule has 0 aliphatic carbocycles. The second-order valence-electron chi connectivity index (χ2n) is 6.54. The van der Waals surface area contributed by atoms with E-state index < -0.39 is 0 Å². The smallest absolute Gasteiger partial charge is 0.246 e. The number of hydrogen-bond donors (Lipinski definition) is 2. The third-order valence-corrected chi connectivity index (χ3v) is 6.23. The number of rotatable bonds is 3. The molecule has 3 heterocycles. The Morgan fingerprint density at radius 3 is 2.96 bits per heavy atom. The van der Waals surface area contributed by atoms with E-state index in [2.05, 4.69) is 18.0 Å². The Labute approximate surface area is 167 Å². The summed E-state index contributed by atoms with van der Waals surface area (Å²) in [4.78, 5) is 15.2. The van der Waals surface area contributed by atoms with Gasteiger partial charge in [-0.05, 0) is 28.8 Å². The van der Waals surface area contributed by atoms with E-state index in [0.29, 0.717) is 19.6 Å². The molecule has 27 heavy (non-hydrogen) atoms. The molecular weight excluding hydrogens is 380 g/mol. The summed E-state index contributed by atoms with van der Waals surface area (Å²) in [6.07, 6.45) is 5.26. The van der Waals surface area contributed by atoms with Gasteiger partial charge in [0, 0.05) is 29.5 Å². The van der Waals surface area contributed by atoms with Crippen molar-refractivity contribution in [1.29, 1.82) is 0 Å². The van der Waals surface area contributed by atoms with E-state index in [1.54, 1.807) is 4.90 Å². The number of aliphatic hydroxyl groups excluding tert-OH is 1. The van der Waals surface area contributed by atoms with E-state index in [9.17, 15) is 9.90 Å². The number of carbonyl (C=O) groups is 1. The summed E-state index contributed by atoms with van der Waals surface area (Å²) in [6, 6.07) is 10.00. The van der Waals surface area contributed by atoms with Crippen LogP contribution in [0, 0.1) is 0 Å². The van der Waals surface area contributed by atoms with Crippen LogP contribution in [0.3, 0.4) is 0 Å². The van der Waals surface area contributed by atoms with Crippen molar-refractivity contribution in [2.75, 3.05) is 13.1 Å². The molecule has 0 saturated heterocycles. The first-order chi connectivity index (χ1) is 13.1. The average Bonchev–Trinajstić information content (AvgIpc) is 3.07. The van der Waals surface area contributed by atoms with Gasteiger partial charge in [-0.2, -0.15) is 0 Å². The van der Waals surface area contributed by atoms with E-state index in [0.717, 1.165) is 31.5 Å². The minimum atomic E-state index is -0.0889. The summed E-state index contributed by atoms with van der Waals surface area (Å²) < 4.78 is 0.719. The van der Waals surface area contributed by atoms with Gasteiger partial charge in [0.2, 0.25) is 5.91 Å². The maximum atomic E-state index is 12.3. The second kappa shape index (κ2) is 7.25. The van der Waals surface area contributed by atoms with E-state index in [4.69, 9.17) is 11.6 Å². The molecule has 4 nitrogen and oxygen atoms in total. The minimum Gasteiger partial charge on any atom is -0.494 e. The molecule has 0 radical (unpaired) electrons. The number of benzene rings is 1. The fraction of sp³-hybridized carbons (Fsp3) is 0.190. The van der Waals surface area contributed by atoms with Crippen LogP contribution in [-0.4, -0.2) is 29.0 Å². The Balaban J connectivity index is 1.84. The number of amides is 1. The summed E-state index contributed by atoms with van der Waals surface area (Å²) in [5.74, 6) is 0.0607. The molecule has 2 aromatic rings. The normalized spacial score (nSPS) is 18.9. The van der Waals surface area contributed by atoms with Crippen LogP contribution in [0.1, 0.15) is 27.5 Å². The summed E-state index contributed by atoms with van der Waals surface area (Å²) >= 11 is 7.81. The molecule has 1 aromatic carbocycles. The van der Waals surface area contributed by atoms with Gasteiger partial charge in [0.1, 0.15) is 0 Å². The van der Waals surface area contributed by atoms with Crippen LogP contribution < -0.4 is 5.32 Å². The first kappa shape index (κ1) is 17.9. The van der Waals surface area contributed by atoms with Crippen LogP contribution >= 0.6 is 22.9 Å². The van der Waals surface area contributed by atoms with Gasteiger partial charge in [-0.1, -0.05) is 54.6 Å². The molecule has 0 saturated carbocycles. The number of carbonyl (C=O) groups excluding carboxylic acids is 1. The van der Waals surface area contributed by atoms with Crippen molar-refractivity contribution in [3.8, 4) is 0 Å². The summed E-state index contributed by atoms with van der Waals surface area (Å²) in [5, 5.41) is 13.3. The van der Waals surface area contributed by atoms with Crippen LogP contribution in [0.15, 0.2) is 61.0 Å². The lowest BCUT2D eigenvalue weighted by Gasteiger charge is -2.33. The van der Waals surface area contributed by atoms with Gasteiger partial charge < -0.3 is 15.3 Å². The molecule has 1 atom stereocenters. The number of fused-ring (bicyclic) bond motifs is 1.